The van der Waals surface area contributed by atoms with Gasteiger partial charge in [-0.25, -0.2) is 4.79 Å². The van der Waals surface area contributed by atoms with Gasteiger partial charge in [0.15, 0.2) is 0 Å². The van der Waals surface area contributed by atoms with Crippen LogP contribution >= 0.6 is 0 Å². The first-order chi connectivity index (χ1) is 11.0. The van der Waals surface area contributed by atoms with Crippen molar-refractivity contribution in [3.05, 3.63) is 59.9 Å². The van der Waals surface area contributed by atoms with Crippen molar-refractivity contribution in [1.82, 2.24) is 9.88 Å². The third-order valence-corrected chi connectivity index (χ3v) is 3.54. The molecular formula is C19H22N2O2. The minimum atomic E-state index is -0.360. The molecule has 0 N–H and O–H groups in total. The summed E-state index contributed by atoms with van der Waals surface area (Å²) < 4.78 is 4.68. The Kier molecular flexibility index (Phi) is 5.66. The maximum Gasteiger partial charge on any atom is 0.330 e. The Balaban J connectivity index is 2.41. The number of pyridine rings is 1. The number of rotatable bonds is 5. The number of allylic oxidation sites excluding steroid dienone is 1. The Labute approximate surface area is 137 Å². The van der Waals surface area contributed by atoms with Crippen LogP contribution in [-0.2, 0) is 16.1 Å². The Morgan fingerprint density at radius 2 is 2.00 bits per heavy atom. The van der Waals surface area contributed by atoms with Gasteiger partial charge >= 0.3 is 5.97 Å². The lowest BCUT2D eigenvalue weighted by Crippen LogP contribution is -2.11. The van der Waals surface area contributed by atoms with Gasteiger partial charge in [0.05, 0.1) is 7.11 Å². The number of hydrogen-bond acceptors (Lipinski definition) is 4. The molecule has 0 saturated carbocycles. The van der Waals surface area contributed by atoms with Gasteiger partial charge in [0, 0.05) is 30.6 Å². The number of esters is 1. The summed E-state index contributed by atoms with van der Waals surface area (Å²) in [5.41, 5.74) is 5.17. The minimum Gasteiger partial charge on any atom is -0.466 e. The minimum absolute atomic E-state index is 0.360. The molecule has 120 valence electrons. The average molecular weight is 310 g/mol. The predicted octanol–water partition coefficient (Wildman–Crippen LogP) is 3.39. The topological polar surface area (TPSA) is 42.4 Å². The zero-order chi connectivity index (χ0) is 16.8. The lowest BCUT2D eigenvalue weighted by atomic mass is 9.98. The highest BCUT2D eigenvalue weighted by atomic mass is 16.5. The lowest BCUT2D eigenvalue weighted by molar-refractivity contribution is -0.134. The fourth-order valence-electron chi connectivity index (χ4n) is 2.40. The maximum absolute atomic E-state index is 11.4. The highest BCUT2D eigenvalue weighted by Crippen LogP contribution is 2.26. The molecule has 0 unspecified atom stereocenters. The third kappa shape index (κ3) is 4.50. The zero-order valence-electron chi connectivity index (χ0n) is 14.0. The molecular weight excluding hydrogens is 288 g/mol. The summed E-state index contributed by atoms with van der Waals surface area (Å²) in [5.74, 6) is -0.360. The van der Waals surface area contributed by atoms with Crippen LogP contribution < -0.4 is 0 Å². The van der Waals surface area contributed by atoms with Crippen LogP contribution in [0.1, 0.15) is 18.1 Å². The molecule has 0 amide bonds. The predicted molar refractivity (Wildman–Crippen MR) is 92.7 cm³/mol. The zero-order valence-corrected chi connectivity index (χ0v) is 14.0. The van der Waals surface area contributed by atoms with E-state index in [4.69, 9.17) is 0 Å². The molecule has 2 aromatic rings. The maximum atomic E-state index is 11.4. The SMILES string of the molecule is COC(=O)/C=C(\C)c1cncc(-c2ccccc2CN(C)C)c1. The summed E-state index contributed by atoms with van der Waals surface area (Å²) in [7, 11) is 5.47. The number of carbonyl (C=O) groups excluding carboxylic acids is 1. The molecule has 4 nitrogen and oxygen atoms in total. The van der Waals surface area contributed by atoms with E-state index in [0.29, 0.717) is 0 Å². The van der Waals surface area contributed by atoms with E-state index in [-0.39, 0.29) is 5.97 Å². The fourth-order valence-corrected chi connectivity index (χ4v) is 2.40. The largest absolute Gasteiger partial charge is 0.466 e. The van der Waals surface area contributed by atoms with Crippen molar-refractivity contribution in [2.24, 2.45) is 0 Å². The molecule has 0 aliphatic rings. The average Bonchev–Trinajstić information content (AvgIpc) is 2.54. The van der Waals surface area contributed by atoms with Crippen LogP contribution in [0.3, 0.4) is 0 Å². The van der Waals surface area contributed by atoms with Crippen LogP contribution in [0.4, 0.5) is 0 Å². The highest BCUT2D eigenvalue weighted by Gasteiger charge is 2.08. The van der Waals surface area contributed by atoms with Crippen molar-refractivity contribution in [2.45, 2.75) is 13.5 Å². The van der Waals surface area contributed by atoms with E-state index < -0.39 is 0 Å². The van der Waals surface area contributed by atoms with Crippen LogP contribution in [0, 0.1) is 0 Å². The summed E-state index contributed by atoms with van der Waals surface area (Å²) >= 11 is 0. The van der Waals surface area contributed by atoms with Crippen molar-refractivity contribution in [3.8, 4) is 11.1 Å². The van der Waals surface area contributed by atoms with Gasteiger partial charge in [-0.15, -0.1) is 0 Å². The van der Waals surface area contributed by atoms with Crippen LogP contribution in [0.15, 0.2) is 48.8 Å². The first-order valence-electron chi connectivity index (χ1n) is 7.46. The van der Waals surface area contributed by atoms with Gasteiger partial charge in [-0.05, 0) is 49.3 Å². The van der Waals surface area contributed by atoms with Gasteiger partial charge in [-0.3, -0.25) is 4.98 Å². The first-order valence-corrected chi connectivity index (χ1v) is 7.46. The number of carbonyl (C=O) groups is 1. The smallest absolute Gasteiger partial charge is 0.330 e. The Bertz CT molecular complexity index is 721. The molecule has 0 bridgehead atoms. The number of methoxy groups -OCH3 is 1. The van der Waals surface area contributed by atoms with Crippen molar-refractivity contribution < 1.29 is 9.53 Å². The van der Waals surface area contributed by atoms with Crippen LogP contribution in [0.2, 0.25) is 0 Å². The normalized spacial score (nSPS) is 11.6. The summed E-state index contributed by atoms with van der Waals surface area (Å²) in [6.45, 7) is 2.74. The Morgan fingerprint density at radius 1 is 1.26 bits per heavy atom. The number of nitrogens with zero attached hydrogens (tertiary/aromatic N) is 2. The van der Waals surface area contributed by atoms with Gasteiger partial charge < -0.3 is 9.64 Å². The third-order valence-electron chi connectivity index (χ3n) is 3.54. The van der Waals surface area contributed by atoms with Crippen LogP contribution in [-0.4, -0.2) is 37.1 Å². The monoisotopic (exact) mass is 310 g/mol. The number of aromatic nitrogens is 1. The van der Waals surface area contributed by atoms with Crippen LogP contribution in [0.5, 0.6) is 0 Å². The van der Waals surface area contributed by atoms with Gasteiger partial charge in [0.2, 0.25) is 0 Å². The van der Waals surface area contributed by atoms with E-state index in [2.05, 4.69) is 46.9 Å². The summed E-state index contributed by atoms with van der Waals surface area (Å²) in [4.78, 5) is 17.9. The highest BCUT2D eigenvalue weighted by molar-refractivity contribution is 5.91. The molecule has 0 spiro atoms. The Morgan fingerprint density at radius 3 is 2.70 bits per heavy atom. The molecule has 4 heteroatoms. The second-order valence-electron chi connectivity index (χ2n) is 5.71. The molecule has 1 aromatic heterocycles. The standard InChI is InChI=1S/C19H22N2O2/c1-14(9-19(22)23-4)16-10-17(12-20-11-16)18-8-6-5-7-15(18)13-21(2)3/h5-12H,13H2,1-4H3/b14-9+. The van der Waals surface area contributed by atoms with Gasteiger partial charge in [0.1, 0.15) is 0 Å². The molecule has 0 aliphatic heterocycles. The molecule has 0 atom stereocenters. The van der Waals surface area contributed by atoms with Crippen molar-refractivity contribution >= 4 is 11.5 Å². The molecule has 0 saturated heterocycles. The van der Waals surface area contributed by atoms with Crippen molar-refractivity contribution in [3.63, 3.8) is 0 Å². The summed E-state index contributed by atoms with van der Waals surface area (Å²) in [5, 5.41) is 0. The van der Waals surface area contributed by atoms with Gasteiger partial charge in [-0.1, -0.05) is 24.3 Å². The molecule has 23 heavy (non-hydrogen) atoms. The Hall–Kier alpha value is -2.46. The van der Waals surface area contributed by atoms with Gasteiger partial charge in [-0.2, -0.15) is 0 Å². The van der Waals surface area contributed by atoms with E-state index in [1.807, 2.05) is 25.3 Å². The van der Waals surface area contributed by atoms with Crippen molar-refractivity contribution in [2.75, 3.05) is 21.2 Å². The summed E-state index contributed by atoms with van der Waals surface area (Å²) in [6, 6.07) is 10.3. The lowest BCUT2D eigenvalue weighted by Gasteiger charge is -2.14. The quantitative estimate of drug-likeness (QED) is 0.627. The summed E-state index contributed by atoms with van der Waals surface area (Å²) in [6.07, 6.45) is 5.09. The molecule has 0 aliphatic carbocycles. The molecule has 0 radical (unpaired) electrons. The van der Waals surface area contributed by atoms with E-state index >= 15 is 0 Å². The molecule has 1 heterocycles. The fraction of sp³-hybridized carbons (Fsp3) is 0.263. The van der Waals surface area contributed by atoms with Gasteiger partial charge in [0.25, 0.3) is 0 Å². The van der Waals surface area contributed by atoms with E-state index in [9.17, 15) is 4.79 Å². The van der Waals surface area contributed by atoms with E-state index in [0.717, 1.165) is 28.8 Å². The second-order valence-corrected chi connectivity index (χ2v) is 5.71. The second kappa shape index (κ2) is 7.70. The number of hydrogen-bond donors (Lipinski definition) is 0. The number of ether oxygens (including phenoxy) is 1. The number of benzene rings is 1. The van der Waals surface area contributed by atoms with E-state index in [1.54, 1.807) is 6.20 Å². The van der Waals surface area contributed by atoms with Crippen LogP contribution in [0.25, 0.3) is 16.7 Å². The van der Waals surface area contributed by atoms with Crippen molar-refractivity contribution in [1.29, 1.82) is 0 Å². The van der Waals surface area contributed by atoms with E-state index in [1.165, 1.54) is 18.7 Å². The first kappa shape index (κ1) is 16.9. The molecule has 0 fully saturated rings. The molecule has 2 rings (SSSR count). The molecule has 1 aromatic carbocycles.